The molecule has 1 atom stereocenters. The molecular formula is C35H36F3N9O5. The molecule has 52 heavy (non-hydrogen) atoms. The molecular weight excluding hydrogens is 683 g/mol. The van der Waals surface area contributed by atoms with Gasteiger partial charge in [-0.25, -0.2) is 0 Å². The maximum atomic E-state index is 13.4. The molecule has 3 aromatic rings. The number of halogens is 3. The lowest BCUT2D eigenvalue weighted by Crippen LogP contribution is -2.54. The van der Waals surface area contributed by atoms with Gasteiger partial charge >= 0.3 is 6.18 Å². The molecule has 0 bridgehead atoms. The Labute approximate surface area is 296 Å². The van der Waals surface area contributed by atoms with Crippen LogP contribution >= 0.6 is 0 Å². The molecule has 1 aromatic heterocycles. The van der Waals surface area contributed by atoms with Crippen molar-refractivity contribution >= 4 is 46.6 Å². The fraction of sp³-hybridized carbons (Fsp3) is 0.400. The van der Waals surface area contributed by atoms with E-state index in [4.69, 9.17) is 5.26 Å². The molecule has 0 radical (unpaired) electrons. The maximum Gasteiger partial charge on any atom is 0.417 e. The predicted octanol–water partition coefficient (Wildman–Crippen LogP) is 3.22. The number of piperidine rings is 2. The van der Waals surface area contributed by atoms with Crippen LogP contribution in [0.25, 0.3) is 0 Å². The van der Waals surface area contributed by atoms with Crippen molar-refractivity contribution in [3.63, 3.8) is 0 Å². The summed E-state index contributed by atoms with van der Waals surface area (Å²) in [5, 5.41) is 24.9. The van der Waals surface area contributed by atoms with E-state index in [0.29, 0.717) is 18.8 Å². The Morgan fingerprint density at radius 2 is 1.69 bits per heavy atom. The smallest absolute Gasteiger partial charge is 0.384 e. The van der Waals surface area contributed by atoms with Crippen LogP contribution in [0.15, 0.2) is 48.8 Å². The standard InChI is InChI=1S/C35H36F3N9O5/c1-34(2,33(52)43-23-4-3-20(17-39)27(16-23)35(36,37)38)46-19-24(18-42-46)45-13-9-21(10-14-45)40-11-12-41-22-5-6-25-26(15-22)32(51)47(31(25)50)28-7-8-29(48)44-30(28)49/h3-6,15-16,18-19,21,28,40-41H,7-14H2,1-2H3,(H,43,52)(H,44,48,49). The number of anilines is 3. The van der Waals surface area contributed by atoms with Crippen LogP contribution < -0.4 is 26.2 Å². The molecule has 4 N–H and O–H groups in total. The van der Waals surface area contributed by atoms with Crippen LogP contribution in [0.4, 0.5) is 30.2 Å². The first-order chi connectivity index (χ1) is 24.7. The molecule has 3 aliphatic rings. The summed E-state index contributed by atoms with van der Waals surface area (Å²) in [5.41, 5.74) is -1.11. The van der Waals surface area contributed by atoms with Gasteiger partial charge in [0.05, 0.1) is 40.2 Å². The first kappa shape index (κ1) is 36.0. The van der Waals surface area contributed by atoms with Crippen molar-refractivity contribution in [2.75, 3.05) is 41.7 Å². The molecule has 14 nitrogen and oxygen atoms in total. The van der Waals surface area contributed by atoms with Crippen LogP contribution in [-0.2, 0) is 26.1 Å². The zero-order valence-electron chi connectivity index (χ0n) is 28.3. The second-order valence-electron chi connectivity index (χ2n) is 13.4. The van der Waals surface area contributed by atoms with Crippen LogP contribution in [0.5, 0.6) is 0 Å². The van der Waals surface area contributed by atoms with Crippen LogP contribution in [0.1, 0.15) is 71.4 Å². The van der Waals surface area contributed by atoms with Crippen LogP contribution in [-0.4, -0.2) is 82.5 Å². The van der Waals surface area contributed by atoms with Gasteiger partial charge in [-0.2, -0.15) is 23.5 Å². The van der Waals surface area contributed by atoms with Gasteiger partial charge in [-0.05, 0) is 69.5 Å². The summed E-state index contributed by atoms with van der Waals surface area (Å²) in [6, 6.07) is 8.63. The minimum Gasteiger partial charge on any atom is -0.384 e. The number of rotatable bonds is 10. The van der Waals surface area contributed by atoms with Gasteiger partial charge in [-0.3, -0.25) is 38.9 Å². The largest absolute Gasteiger partial charge is 0.417 e. The number of hydrogen-bond donors (Lipinski definition) is 4. The number of amides is 5. The zero-order chi connectivity index (χ0) is 37.4. The summed E-state index contributed by atoms with van der Waals surface area (Å²) in [6.07, 6.45) is 0.442. The summed E-state index contributed by atoms with van der Waals surface area (Å²) in [5.74, 6) is -2.78. The lowest BCUT2D eigenvalue weighted by molar-refractivity contribution is -0.138. The lowest BCUT2D eigenvalue weighted by atomic mass is 10.0. The Kier molecular flexibility index (Phi) is 9.77. The highest BCUT2D eigenvalue weighted by Crippen LogP contribution is 2.34. The highest BCUT2D eigenvalue weighted by Gasteiger charge is 2.44. The summed E-state index contributed by atoms with van der Waals surface area (Å²) in [4.78, 5) is 66.1. The number of benzene rings is 2. The maximum absolute atomic E-state index is 13.4. The number of imide groups is 2. The van der Waals surface area contributed by atoms with Crippen molar-refractivity contribution in [1.82, 2.24) is 25.3 Å². The number of carbonyl (C=O) groups excluding carboxylic acids is 5. The zero-order valence-corrected chi connectivity index (χ0v) is 28.3. The van der Waals surface area contributed by atoms with E-state index in [0.717, 1.165) is 48.7 Å². The van der Waals surface area contributed by atoms with E-state index in [1.54, 1.807) is 44.4 Å². The molecule has 272 valence electrons. The molecule has 0 aliphatic carbocycles. The average molecular weight is 720 g/mol. The van der Waals surface area contributed by atoms with Gasteiger partial charge in [0, 0.05) is 56.2 Å². The SMILES string of the molecule is CC(C)(C(=O)Nc1ccc(C#N)c(C(F)(F)F)c1)n1cc(N2CCC(NCCNc3ccc4c(c3)C(=O)N(C3CCC(=O)NC3=O)C4=O)CC2)cn1. The van der Waals surface area contributed by atoms with Gasteiger partial charge in [-0.1, -0.05) is 0 Å². The summed E-state index contributed by atoms with van der Waals surface area (Å²) in [6.45, 7) is 5.82. The molecule has 2 aromatic carbocycles. The Morgan fingerprint density at radius 1 is 0.981 bits per heavy atom. The molecule has 1 unspecified atom stereocenters. The fourth-order valence-electron chi connectivity index (χ4n) is 6.53. The monoisotopic (exact) mass is 719 g/mol. The molecule has 2 fully saturated rings. The number of nitrogens with zero attached hydrogens (tertiary/aromatic N) is 5. The molecule has 4 heterocycles. The van der Waals surface area contributed by atoms with Gasteiger partial charge < -0.3 is 20.9 Å². The molecule has 0 spiro atoms. The van der Waals surface area contributed by atoms with Crippen LogP contribution in [0.3, 0.4) is 0 Å². The summed E-state index contributed by atoms with van der Waals surface area (Å²) >= 11 is 0. The van der Waals surface area contributed by atoms with Gasteiger partial charge in [-0.15, -0.1) is 0 Å². The normalized spacial score (nSPS) is 18.3. The van der Waals surface area contributed by atoms with E-state index >= 15 is 0 Å². The Hall–Kier alpha value is -5.76. The number of hydrogen-bond acceptors (Lipinski definition) is 10. The Bertz CT molecular complexity index is 1980. The second kappa shape index (κ2) is 14.1. The predicted molar refractivity (Wildman–Crippen MR) is 181 cm³/mol. The minimum atomic E-state index is -4.75. The number of fused-ring (bicyclic) bond motifs is 1. The van der Waals surface area contributed by atoms with Crippen molar-refractivity contribution in [3.8, 4) is 6.07 Å². The summed E-state index contributed by atoms with van der Waals surface area (Å²) in [7, 11) is 0. The van der Waals surface area contributed by atoms with E-state index in [-0.39, 0.29) is 35.7 Å². The Balaban J connectivity index is 0.964. The first-order valence-electron chi connectivity index (χ1n) is 16.7. The van der Waals surface area contributed by atoms with Crippen molar-refractivity contribution < 1.29 is 37.1 Å². The van der Waals surface area contributed by atoms with Crippen LogP contribution in [0.2, 0.25) is 0 Å². The lowest BCUT2D eigenvalue weighted by Gasteiger charge is -2.33. The quantitative estimate of drug-likeness (QED) is 0.180. The first-order valence-corrected chi connectivity index (χ1v) is 16.7. The molecule has 17 heteroatoms. The van der Waals surface area contributed by atoms with Gasteiger partial charge in [0.2, 0.25) is 11.8 Å². The van der Waals surface area contributed by atoms with Crippen LogP contribution in [0, 0.1) is 11.3 Å². The molecule has 2 saturated heterocycles. The van der Waals surface area contributed by atoms with Crippen molar-refractivity contribution in [2.24, 2.45) is 0 Å². The fourth-order valence-corrected chi connectivity index (χ4v) is 6.53. The van der Waals surface area contributed by atoms with Crippen molar-refractivity contribution in [2.45, 2.75) is 63.3 Å². The van der Waals surface area contributed by atoms with E-state index in [9.17, 15) is 37.1 Å². The number of nitriles is 1. The number of nitrogens with one attached hydrogen (secondary N) is 4. The minimum absolute atomic E-state index is 0.0522. The third-order valence-electron chi connectivity index (χ3n) is 9.59. The molecule has 0 saturated carbocycles. The molecule has 6 rings (SSSR count). The molecule has 3 aliphatic heterocycles. The number of carbonyl (C=O) groups is 5. The third kappa shape index (κ3) is 7.19. The van der Waals surface area contributed by atoms with E-state index in [1.807, 2.05) is 0 Å². The molecule has 5 amide bonds. The van der Waals surface area contributed by atoms with Gasteiger partial charge in [0.1, 0.15) is 11.6 Å². The topological polar surface area (TPSA) is 182 Å². The summed E-state index contributed by atoms with van der Waals surface area (Å²) < 4.78 is 41.7. The Morgan fingerprint density at radius 3 is 2.38 bits per heavy atom. The van der Waals surface area contributed by atoms with Gasteiger partial charge in [0.25, 0.3) is 17.7 Å². The van der Waals surface area contributed by atoms with Crippen molar-refractivity contribution in [1.29, 1.82) is 5.26 Å². The highest BCUT2D eigenvalue weighted by molar-refractivity contribution is 6.23. The van der Waals surface area contributed by atoms with E-state index in [1.165, 1.54) is 16.8 Å². The van der Waals surface area contributed by atoms with Crippen molar-refractivity contribution in [3.05, 3.63) is 71.0 Å². The van der Waals surface area contributed by atoms with Gasteiger partial charge in [0.15, 0.2) is 0 Å². The van der Waals surface area contributed by atoms with E-state index in [2.05, 4.69) is 31.3 Å². The average Bonchev–Trinajstić information content (AvgIpc) is 3.70. The number of aromatic nitrogens is 2. The second-order valence-corrected chi connectivity index (χ2v) is 13.4. The third-order valence-corrected chi connectivity index (χ3v) is 9.59. The number of alkyl halides is 3. The van der Waals surface area contributed by atoms with E-state index < -0.39 is 58.4 Å². The highest BCUT2D eigenvalue weighted by atomic mass is 19.4.